The number of benzene rings is 3. The second-order valence-corrected chi connectivity index (χ2v) is 18.1. The van der Waals surface area contributed by atoms with Crippen molar-refractivity contribution in [1.82, 2.24) is 30.0 Å². The maximum absolute atomic E-state index is 11.9. The van der Waals surface area contributed by atoms with Crippen LogP contribution >= 0.6 is 0 Å². The van der Waals surface area contributed by atoms with Gasteiger partial charge in [-0.1, -0.05) is 38.5 Å². The molecule has 1 spiro atoms. The molecule has 3 aromatic carbocycles. The quantitative estimate of drug-likeness (QED) is 0.117. The van der Waals surface area contributed by atoms with Gasteiger partial charge < -0.3 is 24.4 Å². The molecule has 5 aliphatic heterocycles. The molecule has 1 aliphatic carbocycles. The summed E-state index contributed by atoms with van der Waals surface area (Å²) < 4.78 is 20.3. The van der Waals surface area contributed by atoms with E-state index in [1.165, 1.54) is 19.3 Å². The maximum Gasteiger partial charge on any atom is 0.242 e. The Labute approximate surface area is 350 Å². The van der Waals surface area contributed by atoms with Crippen LogP contribution in [0.4, 0.5) is 0 Å². The van der Waals surface area contributed by atoms with Crippen LogP contribution in [0.3, 0.4) is 0 Å². The molecule has 310 valence electrons. The molecule has 11 heteroatoms. The average molecular weight is 807 g/mol. The first kappa shape index (κ1) is 38.0. The summed E-state index contributed by atoms with van der Waals surface area (Å²) in [6.45, 7) is 7.15. The van der Waals surface area contributed by atoms with Crippen LogP contribution in [-0.4, -0.2) is 90.1 Å². The van der Waals surface area contributed by atoms with Gasteiger partial charge in [0.25, 0.3) is 0 Å². The summed E-state index contributed by atoms with van der Waals surface area (Å²) >= 11 is 0. The van der Waals surface area contributed by atoms with Gasteiger partial charge in [0.1, 0.15) is 18.0 Å². The molecule has 11 atom stereocenters. The highest BCUT2D eigenvalue weighted by Gasteiger charge is 2.78. The molecule has 6 fully saturated rings. The molecule has 2 N–H and O–H groups in total. The smallest absolute Gasteiger partial charge is 0.242 e. The monoisotopic (exact) mass is 806 g/mol. The first-order valence-corrected chi connectivity index (χ1v) is 22.1. The van der Waals surface area contributed by atoms with Crippen molar-refractivity contribution in [3.8, 4) is 17.5 Å². The van der Waals surface area contributed by atoms with Gasteiger partial charge in [-0.3, -0.25) is 19.8 Å². The summed E-state index contributed by atoms with van der Waals surface area (Å²) in [4.78, 5) is 14.6. The molecule has 12 rings (SSSR count). The Balaban J connectivity index is 1.01. The summed E-state index contributed by atoms with van der Waals surface area (Å²) in [6, 6.07) is 24.5. The lowest BCUT2D eigenvalue weighted by Gasteiger charge is -2.43. The molecule has 3 aromatic heterocycles. The average Bonchev–Trinajstić information content (AvgIpc) is 3.94. The van der Waals surface area contributed by atoms with Crippen LogP contribution in [0.5, 0.6) is 17.5 Å². The number of hydrogen-bond donors (Lipinski definition) is 2. The third-order valence-corrected chi connectivity index (χ3v) is 15.6. The van der Waals surface area contributed by atoms with Gasteiger partial charge in [-0.15, -0.1) is 10.2 Å². The minimum absolute atomic E-state index is 0.0178. The molecule has 8 heterocycles. The van der Waals surface area contributed by atoms with Gasteiger partial charge in [-0.2, -0.15) is 0 Å². The van der Waals surface area contributed by atoms with Gasteiger partial charge in [0.15, 0.2) is 0 Å². The van der Waals surface area contributed by atoms with Gasteiger partial charge in [0.05, 0.1) is 53.2 Å². The molecular weight excluding hydrogens is 753 g/mol. The Hall–Kier alpha value is -4.94. The Morgan fingerprint density at radius 2 is 1.50 bits per heavy atom. The van der Waals surface area contributed by atoms with Gasteiger partial charge in [-0.05, 0) is 130 Å². The number of nitrogens with zero attached hydrogens (tertiary/aromatic N) is 6. The molecule has 0 amide bonds. The lowest BCUT2D eigenvalue weighted by Crippen LogP contribution is -2.47. The summed E-state index contributed by atoms with van der Waals surface area (Å²) in [7, 11) is 1.69. The van der Waals surface area contributed by atoms with E-state index < -0.39 is 11.7 Å². The van der Waals surface area contributed by atoms with Crippen molar-refractivity contribution >= 4 is 32.6 Å². The van der Waals surface area contributed by atoms with Gasteiger partial charge in [0.2, 0.25) is 11.8 Å². The SMILES string of the molecule is CC[C@H]1CC23C([C@H](Oc4nnc(O[C@@H](c5ccnc6ccc(OC)cc56)C5CC6CCN5CC[C@]6(O)CC)c5ccccc45)c4ccnc5ccc(CO)cc45)N2CC[C@@H]13. The number of aromatic nitrogens is 4. The second-order valence-electron chi connectivity index (χ2n) is 18.1. The number of aliphatic hydroxyl groups excluding tert-OH is 1. The molecular formula is C49H54N6O5. The summed E-state index contributed by atoms with van der Waals surface area (Å²) in [6.07, 6.45) is 9.83. The van der Waals surface area contributed by atoms with Crippen LogP contribution in [0, 0.1) is 17.8 Å². The second kappa shape index (κ2) is 14.6. The van der Waals surface area contributed by atoms with Crippen LogP contribution in [0.25, 0.3) is 32.6 Å². The van der Waals surface area contributed by atoms with Crippen molar-refractivity contribution in [3.05, 3.63) is 102 Å². The highest BCUT2D eigenvalue weighted by Crippen LogP contribution is 2.70. The van der Waals surface area contributed by atoms with Gasteiger partial charge >= 0.3 is 0 Å². The number of ether oxygens (including phenoxy) is 3. The molecule has 6 aliphatic rings. The van der Waals surface area contributed by atoms with E-state index in [9.17, 15) is 10.2 Å². The van der Waals surface area contributed by atoms with Crippen molar-refractivity contribution in [2.75, 3.05) is 26.7 Å². The fourth-order valence-corrected chi connectivity index (χ4v) is 12.4. The first-order valence-electron chi connectivity index (χ1n) is 22.1. The van der Waals surface area contributed by atoms with E-state index >= 15 is 0 Å². The zero-order chi connectivity index (χ0) is 40.8. The number of hydrogen-bond acceptors (Lipinski definition) is 11. The number of aliphatic hydroxyl groups is 2. The van der Waals surface area contributed by atoms with E-state index in [0.29, 0.717) is 17.7 Å². The molecule has 0 radical (unpaired) electrons. The topological polar surface area (TPSA) is 126 Å². The molecule has 5 saturated heterocycles. The van der Waals surface area contributed by atoms with E-state index in [-0.39, 0.29) is 36.3 Å². The number of pyridine rings is 2. The summed E-state index contributed by atoms with van der Waals surface area (Å²) in [5.74, 6) is 3.24. The Morgan fingerprint density at radius 3 is 2.20 bits per heavy atom. The van der Waals surface area contributed by atoms with E-state index in [4.69, 9.17) is 34.4 Å². The predicted molar refractivity (Wildman–Crippen MR) is 230 cm³/mol. The Bertz CT molecular complexity index is 2610. The predicted octanol–water partition coefficient (Wildman–Crippen LogP) is 7.97. The summed E-state index contributed by atoms with van der Waals surface area (Å²) in [5.41, 5.74) is 4.08. The van der Waals surface area contributed by atoms with Crippen LogP contribution < -0.4 is 14.2 Å². The molecule has 1 saturated carbocycles. The number of piperidine rings is 2. The summed E-state index contributed by atoms with van der Waals surface area (Å²) in [5, 5.41) is 35.5. The van der Waals surface area contributed by atoms with Crippen LogP contribution in [-0.2, 0) is 6.61 Å². The van der Waals surface area contributed by atoms with Crippen molar-refractivity contribution < 1.29 is 24.4 Å². The molecule has 2 bridgehead atoms. The molecule has 6 aromatic rings. The highest BCUT2D eigenvalue weighted by atomic mass is 16.5. The number of rotatable bonds is 12. The standard InChI is InChI=1S/C49H54N6O5/c1-4-30-27-49-39(30)17-22-55(49)45(49)44(34-15-20-50-40-12-10-29(28-56)24-37(34)40)60-47-36-9-7-6-8-35(36)46(52-53-47)59-43(33-14-19-51-41-13-11-32(58-3)26-38(33)41)42-25-31-16-21-54(42)23-18-48(31,57)5-2/h6-15,19-20,24,26,30-31,39,42-45,56-57H,4-5,16-18,21-23,25,27-28H2,1-3H3/t30-,31?,39-,42?,43-,44+,45?,48+,49?,55?/m0/s1. The van der Waals surface area contributed by atoms with Gasteiger partial charge in [0, 0.05) is 46.4 Å². The van der Waals surface area contributed by atoms with Crippen LogP contribution in [0.1, 0.15) is 87.7 Å². The number of methoxy groups -OCH3 is 1. The number of fused-ring (bicyclic) bond motifs is 7. The Morgan fingerprint density at radius 1 is 0.800 bits per heavy atom. The minimum atomic E-state index is -0.702. The van der Waals surface area contributed by atoms with Crippen molar-refractivity contribution in [2.24, 2.45) is 17.8 Å². The minimum Gasteiger partial charge on any atom is -0.497 e. The maximum atomic E-state index is 11.9. The van der Waals surface area contributed by atoms with Crippen molar-refractivity contribution in [1.29, 1.82) is 0 Å². The van der Waals surface area contributed by atoms with Crippen LogP contribution in [0.2, 0.25) is 0 Å². The lowest BCUT2D eigenvalue weighted by molar-refractivity contribution is -0.0403. The Kier molecular flexibility index (Phi) is 9.26. The normalized spacial score (nSPS) is 31.2. The fraction of sp³-hybridized carbons (Fsp3) is 0.469. The van der Waals surface area contributed by atoms with Crippen molar-refractivity contribution in [3.63, 3.8) is 0 Å². The third kappa shape index (κ3) is 5.83. The van der Waals surface area contributed by atoms with E-state index in [1.807, 2.05) is 54.9 Å². The molecule has 11 nitrogen and oxygen atoms in total. The largest absolute Gasteiger partial charge is 0.497 e. The highest BCUT2D eigenvalue weighted by molar-refractivity contribution is 5.91. The van der Waals surface area contributed by atoms with E-state index in [2.05, 4.69) is 54.0 Å². The first-order chi connectivity index (χ1) is 29.4. The van der Waals surface area contributed by atoms with E-state index in [1.54, 1.807) is 7.11 Å². The third-order valence-electron chi connectivity index (χ3n) is 15.6. The zero-order valence-corrected chi connectivity index (χ0v) is 34.7. The zero-order valence-electron chi connectivity index (χ0n) is 34.7. The van der Waals surface area contributed by atoms with Crippen molar-refractivity contribution in [2.45, 2.75) is 101 Å². The van der Waals surface area contributed by atoms with Gasteiger partial charge in [-0.25, -0.2) is 0 Å². The van der Waals surface area contributed by atoms with Crippen LogP contribution in [0.15, 0.2) is 85.2 Å². The van der Waals surface area contributed by atoms with E-state index in [0.717, 1.165) is 106 Å². The fourth-order valence-electron chi connectivity index (χ4n) is 12.4. The molecule has 60 heavy (non-hydrogen) atoms. The molecule has 6 unspecified atom stereocenters. The lowest BCUT2D eigenvalue weighted by atomic mass is 9.60.